The normalized spacial score (nSPS) is 13.0. The Bertz CT molecular complexity index is 1150. The van der Waals surface area contributed by atoms with Crippen LogP contribution in [0, 0.1) is 5.92 Å². The Morgan fingerprint density at radius 3 is 2.03 bits per heavy atom. The predicted octanol–water partition coefficient (Wildman–Crippen LogP) is 10.5. The zero-order valence-electron chi connectivity index (χ0n) is 25.0. The molecule has 5 heteroatoms. The smallest absolute Gasteiger partial charge is 0.123 e. The SMILES string of the molecule is CC(C)CC(C)N(CCCSc1cc(C(C)(C)C)c(O)c(C(C)(C)I)c1)c1ccc(Nc2ccccc2)cc1. The highest BCUT2D eigenvalue weighted by molar-refractivity contribution is 14.1. The van der Waals surface area contributed by atoms with E-state index in [9.17, 15) is 5.11 Å². The molecule has 0 aromatic heterocycles. The molecule has 0 heterocycles. The fourth-order valence-electron chi connectivity index (χ4n) is 4.98. The van der Waals surface area contributed by atoms with Gasteiger partial charge in [-0.05, 0) is 99.2 Å². The largest absolute Gasteiger partial charge is 0.507 e. The van der Waals surface area contributed by atoms with E-state index in [0.29, 0.717) is 17.7 Å². The number of hydrogen-bond donors (Lipinski definition) is 2. The van der Waals surface area contributed by atoms with Crippen LogP contribution >= 0.6 is 34.4 Å². The summed E-state index contributed by atoms with van der Waals surface area (Å²) in [4.78, 5) is 3.82. The number of aromatic hydroxyl groups is 1. The van der Waals surface area contributed by atoms with Gasteiger partial charge in [0.2, 0.25) is 0 Å². The minimum atomic E-state index is -0.136. The zero-order valence-corrected chi connectivity index (χ0v) is 28.0. The maximum atomic E-state index is 11.1. The number of benzene rings is 3. The number of hydrogen-bond acceptors (Lipinski definition) is 4. The van der Waals surface area contributed by atoms with Gasteiger partial charge in [-0.15, -0.1) is 11.8 Å². The number of thioether (sulfide) groups is 1. The Labute approximate surface area is 255 Å². The van der Waals surface area contributed by atoms with E-state index < -0.39 is 0 Å². The van der Waals surface area contributed by atoms with Crippen molar-refractivity contribution in [1.82, 2.24) is 0 Å². The maximum Gasteiger partial charge on any atom is 0.123 e. The first kappa shape index (κ1) is 31.7. The summed E-state index contributed by atoms with van der Waals surface area (Å²) < 4.78 is -0.136. The lowest BCUT2D eigenvalue weighted by Gasteiger charge is -2.33. The minimum absolute atomic E-state index is 0.109. The van der Waals surface area contributed by atoms with Gasteiger partial charge in [0.15, 0.2) is 0 Å². The van der Waals surface area contributed by atoms with Gasteiger partial charge in [0.05, 0.1) is 0 Å². The van der Waals surface area contributed by atoms with E-state index in [1.54, 1.807) is 0 Å². The molecule has 3 nitrogen and oxygen atoms in total. The molecular weight excluding hydrogens is 611 g/mol. The summed E-state index contributed by atoms with van der Waals surface area (Å²) >= 11 is 4.34. The molecule has 2 N–H and O–H groups in total. The molecule has 0 amide bonds. The molecule has 0 saturated heterocycles. The van der Waals surface area contributed by atoms with Gasteiger partial charge in [-0.3, -0.25) is 0 Å². The quantitative estimate of drug-likeness (QED) is 0.0879. The van der Waals surface area contributed by atoms with Crippen molar-refractivity contribution in [3.63, 3.8) is 0 Å². The van der Waals surface area contributed by atoms with Crippen LogP contribution in [0.25, 0.3) is 0 Å². The van der Waals surface area contributed by atoms with Crippen molar-refractivity contribution in [2.24, 2.45) is 5.92 Å². The van der Waals surface area contributed by atoms with E-state index in [0.717, 1.165) is 47.6 Å². The zero-order chi connectivity index (χ0) is 28.8. The number of phenolic OH excluding ortho intramolecular Hbond substituents is 1. The van der Waals surface area contributed by atoms with Gasteiger partial charge >= 0.3 is 0 Å². The van der Waals surface area contributed by atoms with Gasteiger partial charge in [0, 0.05) is 49.1 Å². The Kier molecular flexibility index (Phi) is 11.1. The summed E-state index contributed by atoms with van der Waals surface area (Å²) in [7, 11) is 0. The Balaban J connectivity index is 1.72. The van der Waals surface area contributed by atoms with Crippen molar-refractivity contribution in [3.05, 3.63) is 77.9 Å². The first-order valence-electron chi connectivity index (χ1n) is 14.1. The van der Waals surface area contributed by atoms with Crippen molar-refractivity contribution in [2.45, 2.75) is 88.0 Å². The molecule has 0 spiro atoms. The summed E-state index contributed by atoms with van der Waals surface area (Å²) in [5.41, 5.74) is 5.43. The molecule has 1 atom stereocenters. The maximum absolute atomic E-state index is 11.1. The monoisotopic (exact) mass is 658 g/mol. The molecule has 1 unspecified atom stereocenters. The van der Waals surface area contributed by atoms with Crippen molar-refractivity contribution < 1.29 is 5.11 Å². The van der Waals surface area contributed by atoms with Crippen LogP contribution in [0.15, 0.2) is 71.6 Å². The molecular formula is C34H47IN2OS. The van der Waals surface area contributed by atoms with E-state index in [1.807, 2.05) is 17.8 Å². The summed E-state index contributed by atoms with van der Waals surface area (Å²) in [5.74, 6) is 2.14. The number of alkyl halides is 1. The third kappa shape index (κ3) is 9.34. The van der Waals surface area contributed by atoms with Crippen LogP contribution in [-0.2, 0) is 8.84 Å². The average molecular weight is 659 g/mol. The molecule has 0 fully saturated rings. The molecule has 0 radical (unpaired) electrons. The standard InChI is InChI=1S/C34H47IN2OS/c1-24(2)21-25(3)37(28-17-15-27(16-18-28)36-26-13-10-9-11-14-26)19-12-20-39-29-22-30(33(4,5)6)32(38)31(23-29)34(7,8)35/h9-11,13-18,22-25,36,38H,12,19-21H2,1-8H3. The third-order valence-corrected chi connectivity index (χ3v) is 8.59. The van der Waals surface area contributed by atoms with Crippen molar-refractivity contribution >= 4 is 51.4 Å². The van der Waals surface area contributed by atoms with Crippen LogP contribution in [0.5, 0.6) is 5.75 Å². The van der Waals surface area contributed by atoms with Crippen molar-refractivity contribution in [1.29, 1.82) is 0 Å². The lowest BCUT2D eigenvalue weighted by atomic mass is 9.84. The highest BCUT2D eigenvalue weighted by Gasteiger charge is 2.27. The highest BCUT2D eigenvalue weighted by atomic mass is 127. The van der Waals surface area contributed by atoms with Gasteiger partial charge < -0.3 is 15.3 Å². The number of para-hydroxylation sites is 1. The van der Waals surface area contributed by atoms with Crippen molar-refractivity contribution in [2.75, 3.05) is 22.5 Å². The van der Waals surface area contributed by atoms with E-state index in [4.69, 9.17) is 0 Å². The summed E-state index contributed by atoms with van der Waals surface area (Å²) in [6.45, 7) is 18.8. The number of nitrogens with zero attached hydrogens (tertiary/aromatic N) is 1. The van der Waals surface area contributed by atoms with Gasteiger partial charge in [0.25, 0.3) is 0 Å². The number of rotatable bonds is 12. The average Bonchev–Trinajstić information content (AvgIpc) is 2.84. The fraction of sp³-hybridized carbons (Fsp3) is 0.471. The number of phenols is 1. The summed E-state index contributed by atoms with van der Waals surface area (Å²) in [6, 6.07) is 24.0. The highest BCUT2D eigenvalue weighted by Crippen LogP contribution is 2.44. The van der Waals surface area contributed by atoms with Crippen LogP contribution in [0.1, 0.15) is 79.4 Å². The molecule has 0 aliphatic carbocycles. The van der Waals surface area contributed by atoms with E-state index >= 15 is 0 Å². The second kappa shape index (κ2) is 13.7. The molecule has 3 rings (SSSR count). The lowest BCUT2D eigenvalue weighted by molar-refractivity contribution is 0.435. The Morgan fingerprint density at radius 1 is 0.872 bits per heavy atom. The minimum Gasteiger partial charge on any atom is -0.507 e. The number of anilines is 3. The van der Waals surface area contributed by atoms with Gasteiger partial charge in [0.1, 0.15) is 5.75 Å². The first-order chi connectivity index (χ1) is 18.3. The molecule has 0 aliphatic heterocycles. The molecule has 39 heavy (non-hydrogen) atoms. The van der Waals surface area contributed by atoms with Gasteiger partial charge in [-0.1, -0.05) is 75.4 Å². The summed E-state index contributed by atoms with van der Waals surface area (Å²) in [5, 5.41) is 14.6. The van der Waals surface area contributed by atoms with Gasteiger partial charge in [-0.2, -0.15) is 0 Å². The molecule has 0 bridgehead atoms. The van der Waals surface area contributed by atoms with E-state index in [2.05, 4.69) is 149 Å². The molecule has 3 aromatic rings. The number of nitrogens with one attached hydrogen (secondary N) is 1. The molecule has 0 saturated carbocycles. The second-order valence-electron chi connectivity index (χ2n) is 12.5. The molecule has 0 aliphatic rings. The first-order valence-corrected chi connectivity index (χ1v) is 16.2. The van der Waals surface area contributed by atoms with Crippen molar-refractivity contribution in [3.8, 4) is 5.75 Å². The number of halogens is 1. The molecule has 212 valence electrons. The van der Waals surface area contributed by atoms with Crippen LogP contribution in [0.3, 0.4) is 0 Å². The predicted molar refractivity (Wildman–Crippen MR) is 182 cm³/mol. The summed E-state index contributed by atoms with van der Waals surface area (Å²) in [6.07, 6.45) is 2.25. The van der Waals surface area contributed by atoms with Crippen LogP contribution in [0.2, 0.25) is 0 Å². The van der Waals surface area contributed by atoms with Crippen LogP contribution in [-0.4, -0.2) is 23.4 Å². The topological polar surface area (TPSA) is 35.5 Å². The Morgan fingerprint density at radius 2 is 1.46 bits per heavy atom. The van der Waals surface area contributed by atoms with E-state index in [-0.39, 0.29) is 8.84 Å². The molecule has 3 aromatic carbocycles. The lowest BCUT2D eigenvalue weighted by Crippen LogP contribution is -2.35. The fourth-order valence-corrected chi connectivity index (χ4v) is 6.30. The van der Waals surface area contributed by atoms with E-state index in [1.165, 1.54) is 10.6 Å². The third-order valence-electron chi connectivity index (χ3n) is 6.95. The Hall–Kier alpha value is -1.86. The van der Waals surface area contributed by atoms with Crippen LogP contribution in [0.4, 0.5) is 17.1 Å². The second-order valence-corrected chi connectivity index (χ2v) is 16.4. The van der Waals surface area contributed by atoms with Gasteiger partial charge in [-0.25, -0.2) is 0 Å². The van der Waals surface area contributed by atoms with Crippen LogP contribution < -0.4 is 10.2 Å².